The highest BCUT2D eigenvalue weighted by molar-refractivity contribution is 4.93. The maximum absolute atomic E-state index is 5.90. The van der Waals surface area contributed by atoms with E-state index >= 15 is 0 Å². The summed E-state index contributed by atoms with van der Waals surface area (Å²) in [6, 6.07) is 0. The molecule has 0 bridgehead atoms. The molecule has 0 aromatic heterocycles. The van der Waals surface area contributed by atoms with Gasteiger partial charge in [0.15, 0.2) is 0 Å². The SMILES string of the molecule is COCCN(C)C(CN)(COC)C(C)C. The summed E-state index contributed by atoms with van der Waals surface area (Å²) >= 11 is 0. The monoisotopic (exact) mass is 218 g/mol. The number of hydrogen-bond donors (Lipinski definition) is 1. The van der Waals surface area contributed by atoms with E-state index in [1.165, 1.54) is 0 Å². The van der Waals surface area contributed by atoms with E-state index in [-0.39, 0.29) is 5.54 Å². The van der Waals surface area contributed by atoms with Crippen LogP contribution in [0.2, 0.25) is 0 Å². The Kier molecular flexibility index (Phi) is 7.09. The Morgan fingerprint density at radius 1 is 1.27 bits per heavy atom. The molecular formula is C11H26N2O2. The fraction of sp³-hybridized carbons (Fsp3) is 1.00. The summed E-state index contributed by atoms with van der Waals surface area (Å²) in [7, 11) is 5.51. The van der Waals surface area contributed by atoms with Crippen LogP contribution in [0, 0.1) is 5.92 Å². The van der Waals surface area contributed by atoms with Crippen LogP contribution < -0.4 is 5.73 Å². The molecule has 0 aromatic rings. The molecule has 0 aliphatic rings. The second-order valence-electron chi connectivity index (χ2n) is 4.31. The molecule has 0 saturated carbocycles. The lowest BCUT2D eigenvalue weighted by Crippen LogP contribution is -2.59. The van der Waals surface area contributed by atoms with Crippen molar-refractivity contribution >= 4 is 0 Å². The molecule has 15 heavy (non-hydrogen) atoms. The Morgan fingerprint density at radius 2 is 1.87 bits per heavy atom. The third kappa shape index (κ3) is 3.72. The molecular weight excluding hydrogens is 192 g/mol. The van der Waals surface area contributed by atoms with Crippen LogP contribution in [0.1, 0.15) is 13.8 Å². The zero-order valence-corrected chi connectivity index (χ0v) is 10.7. The highest BCUT2D eigenvalue weighted by Crippen LogP contribution is 2.23. The van der Waals surface area contributed by atoms with Crippen LogP contribution in [0.15, 0.2) is 0 Å². The van der Waals surface area contributed by atoms with E-state index in [0.717, 1.165) is 6.54 Å². The molecule has 0 aliphatic heterocycles. The van der Waals surface area contributed by atoms with Gasteiger partial charge in [-0.25, -0.2) is 0 Å². The van der Waals surface area contributed by atoms with Crippen LogP contribution in [0.3, 0.4) is 0 Å². The summed E-state index contributed by atoms with van der Waals surface area (Å²) in [4.78, 5) is 2.24. The van der Waals surface area contributed by atoms with Crippen LogP contribution in [0.25, 0.3) is 0 Å². The molecule has 0 amide bonds. The fourth-order valence-corrected chi connectivity index (χ4v) is 1.87. The first-order chi connectivity index (χ1) is 7.05. The number of nitrogens with zero attached hydrogens (tertiary/aromatic N) is 1. The van der Waals surface area contributed by atoms with Crippen molar-refractivity contribution in [2.75, 3.05) is 47.6 Å². The summed E-state index contributed by atoms with van der Waals surface area (Å²) in [6.45, 7) is 7.19. The van der Waals surface area contributed by atoms with Gasteiger partial charge in [0.1, 0.15) is 0 Å². The molecule has 0 spiro atoms. The van der Waals surface area contributed by atoms with Gasteiger partial charge in [0.05, 0.1) is 18.8 Å². The van der Waals surface area contributed by atoms with Gasteiger partial charge >= 0.3 is 0 Å². The molecule has 2 N–H and O–H groups in total. The molecule has 0 saturated heterocycles. The van der Waals surface area contributed by atoms with Gasteiger partial charge in [-0.15, -0.1) is 0 Å². The van der Waals surface area contributed by atoms with Gasteiger partial charge in [0, 0.05) is 27.3 Å². The quantitative estimate of drug-likeness (QED) is 0.647. The van der Waals surface area contributed by atoms with Crippen LogP contribution in [-0.2, 0) is 9.47 Å². The first kappa shape index (κ1) is 14.8. The third-order valence-corrected chi connectivity index (χ3v) is 3.21. The Labute approximate surface area is 93.7 Å². The van der Waals surface area contributed by atoms with Gasteiger partial charge in [0.25, 0.3) is 0 Å². The van der Waals surface area contributed by atoms with E-state index in [1.54, 1.807) is 14.2 Å². The van der Waals surface area contributed by atoms with Gasteiger partial charge in [-0.1, -0.05) is 13.8 Å². The molecule has 0 rings (SSSR count). The van der Waals surface area contributed by atoms with Crippen molar-refractivity contribution in [3.8, 4) is 0 Å². The summed E-state index contributed by atoms with van der Waals surface area (Å²) in [5.41, 5.74) is 5.81. The first-order valence-electron chi connectivity index (χ1n) is 5.44. The minimum absolute atomic E-state index is 0.0900. The molecule has 1 unspecified atom stereocenters. The maximum Gasteiger partial charge on any atom is 0.0661 e. The molecule has 0 radical (unpaired) electrons. The highest BCUT2D eigenvalue weighted by atomic mass is 16.5. The van der Waals surface area contributed by atoms with Crippen molar-refractivity contribution in [3.05, 3.63) is 0 Å². The molecule has 1 atom stereocenters. The Balaban J connectivity index is 4.57. The number of rotatable bonds is 8. The topological polar surface area (TPSA) is 47.7 Å². The van der Waals surface area contributed by atoms with E-state index < -0.39 is 0 Å². The Bertz CT molecular complexity index is 165. The van der Waals surface area contributed by atoms with Crippen molar-refractivity contribution in [1.29, 1.82) is 0 Å². The lowest BCUT2D eigenvalue weighted by Gasteiger charge is -2.44. The molecule has 0 fully saturated rings. The zero-order chi connectivity index (χ0) is 11.9. The average Bonchev–Trinajstić information content (AvgIpc) is 2.22. The van der Waals surface area contributed by atoms with E-state index in [1.807, 2.05) is 0 Å². The second kappa shape index (κ2) is 7.17. The van der Waals surface area contributed by atoms with Crippen molar-refractivity contribution in [2.45, 2.75) is 19.4 Å². The summed E-state index contributed by atoms with van der Waals surface area (Å²) in [5, 5.41) is 0. The standard InChI is InChI=1S/C11H26N2O2/c1-10(2)11(8-12,9-15-5)13(3)6-7-14-4/h10H,6-9,12H2,1-5H3. The smallest absolute Gasteiger partial charge is 0.0661 e. The van der Waals surface area contributed by atoms with E-state index in [2.05, 4.69) is 25.8 Å². The maximum atomic E-state index is 5.90. The number of hydrogen-bond acceptors (Lipinski definition) is 4. The van der Waals surface area contributed by atoms with Crippen molar-refractivity contribution in [3.63, 3.8) is 0 Å². The predicted octanol–water partition coefficient (Wildman–Crippen LogP) is 0.565. The molecule has 0 aromatic carbocycles. The fourth-order valence-electron chi connectivity index (χ4n) is 1.87. The lowest BCUT2D eigenvalue weighted by atomic mass is 9.85. The highest BCUT2D eigenvalue weighted by Gasteiger charge is 2.36. The predicted molar refractivity (Wildman–Crippen MR) is 63.0 cm³/mol. The van der Waals surface area contributed by atoms with Crippen molar-refractivity contribution < 1.29 is 9.47 Å². The minimum atomic E-state index is -0.0900. The molecule has 0 heterocycles. The first-order valence-corrected chi connectivity index (χ1v) is 5.44. The van der Waals surface area contributed by atoms with Crippen LogP contribution in [-0.4, -0.2) is 58.0 Å². The zero-order valence-electron chi connectivity index (χ0n) is 10.7. The van der Waals surface area contributed by atoms with Gasteiger partial charge < -0.3 is 15.2 Å². The van der Waals surface area contributed by atoms with E-state index in [9.17, 15) is 0 Å². The van der Waals surface area contributed by atoms with Gasteiger partial charge in [-0.05, 0) is 13.0 Å². The van der Waals surface area contributed by atoms with Crippen molar-refractivity contribution in [2.24, 2.45) is 11.7 Å². The number of ether oxygens (including phenoxy) is 2. The summed E-state index contributed by atoms with van der Waals surface area (Å²) < 4.78 is 10.4. The van der Waals surface area contributed by atoms with Gasteiger partial charge in [-0.3, -0.25) is 4.90 Å². The molecule has 4 heteroatoms. The summed E-state index contributed by atoms with van der Waals surface area (Å²) in [5.74, 6) is 0.448. The number of nitrogens with two attached hydrogens (primary N) is 1. The van der Waals surface area contributed by atoms with Gasteiger partial charge in [0.2, 0.25) is 0 Å². The van der Waals surface area contributed by atoms with E-state index in [4.69, 9.17) is 15.2 Å². The number of methoxy groups -OCH3 is 2. The lowest BCUT2D eigenvalue weighted by molar-refractivity contribution is -0.0113. The molecule has 92 valence electrons. The Hall–Kier alpha value is -0.160. The van der Waals surface area contributed by atoms with Gasteiger partial charge in [-0.2, -0.15) is 0 Å². The number of likely N-dealkylation sites (N-methyl/N-ethyl adjacent to an activating group) is 1. The summed E-state index contributed by atoms with van der Waals surface area (Å²) in [6.07, 6.45) is 0. The Morgan fingerprint density at radius 3 is 2.20 bits per heavy atom. The van der Waals surface area contributed by atoms with E-state index in [0.29, 0.717) is 25.7 Å². The van der Waals surface area contributed by atoms with Crippen LogP contribution in [0.4, 0.5) is 0 Å². The van der Waals surface area contributed by atoms with Crippen LogP contribution >= 0.6 is 0 Å². The second-order valence-corrected chi connectivity index (χ2v) is 4.31. The molecule has 4 nitrogen and oxygen atoms in total. The van der Waals surface area contributed by atoms with Crippen molar-refractivity contribution in [1.82, 2.24) is 4.90 Å². The minimum Gasteiger partial charge on any atom is -0.383 e. The molecule has 0 aliphatic carbocycles. The largest absolute Gasteiger partial charge is 0.383 e. The third-order valence-electron chi connectivity index (χ3n) is 3.21. The van der Waals surface area contributed by atoms with Crippen LogP contribution in [0.5, 0.6) is 0 Å². The normalized spacial score (nSPS) is 16.0. The average molecular weight is 218 g/mol.